The van der Waals surface area contributed by atoms with Crippen molar-refractivity contribution in [1.82, 2.24) is 0 Å². The minimum Gasteiger partial charge on any atom is -0.168 e. The molecule has 0 aromatic carbocycles. The molecule has 1 radical (unpaired) electrons. The molecule has 0 saturated heterocycles. The van der Waals surface area contributed by atoms with Gasteiger partial charge in [0, 0.05) is 0 Å². The Hall–Kier alpha value is 0.507. The fourth-order valence-electron chi connectivity index (χ4n) is 0.918. The monoisotopic (exact) mass is 177 g/mol. The molecule has 0 saturated carbocycles. The maximum absolute atomic E-state index is 6.31. The van der Waals surface area contributed by atoms with Crippen molar-refractivity contribution >= 4 is 19.2 Å². The highest BCUT2D eigenvalue weighted by Crippen LogP contribution is 2.37. The molecule has 0 spiro atoms. The SMILES string of the molecule is CCC(C)[Si](Cl)C(C)(C)C. The molecule has 2 heteroatoms. The maximum Gasteiger partial charge on any atom is 0.174 e. The third kappa shape index (κ3) is 3.06. The molecular weight excluding hydrogens is 160 g/mol. The second kappa shape index (κ2) is 3.77. The molecule has 61 valence electrons. The highest BCUT2D eigenvalue weighted by Gasteiger charge is 2.29. The van der Waals surface area contributed by atoms with Crippen LogP contribution in [-0.2, 0) is 0 Å². The first-order valence-corrected chi connectivity index (χ1v) is 6.51. The van der Waals surface area contributed by atoms with Crippen molar-refractivity contribution in [1.29, 1.82) is 0 Å². The van der Waals surface area contributed by atoms with Crippen LogP contribution in [0.1, 0.15) is 41.0 Å². The van der Waals surface area contributed by atoms with Crippen LogP contribution in [0, 0.1) is 0 Å². The summed E-state index contributed by atoms with van der Waals surface area (Å²) in [6.45, 7) is 11.2. The molecule has 0 aromatic rings. The van der Waals surface area contributed by atoms with Gasteiger partial charge in [0.05, 0.1) is 0 Å². The third-order valence-electron chi connectivity index (χ3n) is 1.76. The van der Waals surface area contributed by atoms with Crippen molar-refractivity contribution in [2.75, 3.05) is 0 Å². The van der Waals surface area contributed by atoms with Gasteiger partial charge in [-0.15, -0.1) is 0 Å². The van der Waals surface area contributed by atoms with Crippen LogP contribution in [0.4, 0.5) is 0 Å². The van der Waals surface area contributed by atoms with Crippen LogP contribution in [-0.4, -0.2) is 8.11 Å². The van der Waals surface area contributed by atoms with Crippen molar-refractivity contribution in [2.24, 2.45) is 0 Å². The second-order valence-corrected chi connectivity index (χ2v) is 8.31. The first-order chi connectivity index (χ1) is 4.39. The van der Waals surface area contributed by atoms with Crippen LogP contribution in [0.15, 0.2) is 0 Å². The van der Waals surface area contributed by atoms with Crippen LogP contribution in [0.3, 0.4) is 0 Å². The summed E-state index contributed by atoms with van der Waals surface area (Å²) in [6.07, 6.45) is 1.22. The van der Waals surface area contributed by atoms with E-state index in [0.717, 1.165) is 5.54 Å². The van der Waals surface area contributed by atoms with Gasteiger partial charge in [-0.1, -0.05) is 41.0 Å². The highest BCUT2D eigenvalue weighted by molar-refractivity contribution is 7.09. The average Bonchev–Trinajstić information content (AvgIpc) is 1.83. The molecule has 0 rings (SSSR count). The Morgan fingerprint density at radius 1 is 1.40 bits per heavy atom. The average molecular weight is 178 g/mol. The Morgan fingerprint density at radius 3 is 1.90 bits per heavy atom. The first kappa shape index (κ1) is 10.5. The van der Waals surface area contributed by atoms with E-state index in [4.69, 9.17) is 11.1 Å². The van der Waals surface area contributed by atoms with Crippen LogP contribution >= 0.6 is 11.1 Å². The lowest BCUT2D eigenvalue weighted by Gasteiger charge is -2.27. The molecule has 0 fully saturated rings. The molecule has 0 N–H and O–H groups in total. The van der Waals surface area contributed by atoms with E-state index in [0.29, 0.717) is 5.04 Å². The molecule has 10 heavy (non-hydrogen) atoms. The van der Waals surface area contributed by atoms with E-state index in [1.54, 1.807) is 0 Å². The van der Waals surface area contributed by atoms with Crippen molar-refractivity contribution in [3.8, 4) is 0 Å². The number of rotatable bonds is 2. The van der Waals surface area contributed by atoms with Gasteiger partial charge in [0.25, 0.3) is 0 Å². The van der Waals surface area contributed by atoms with Crippen LogP contribution < -0.4 is 0 Å². The maximum atomic E-state index is 6.31. The van der Waals surface area contributed by atoms with E-state index < -0.39 is 8.11 Å². The van der Waals surface area contributed by atoms with E-state index in [2.05, 4.69) is 34.6 Å². The van der Waals surface area contributed by atoms with Gasteiger partial charge in [-0.25, -0.2) is 0 Å². The van der Waals surface area contributed by atoms with E-state index >= 15 is 0 Å². The van der Waals surface area contributed by atoms with Crippen LogP contribution in [0.5, 0.6) is 0 Å². The molecule has 0 aliphatic rings. The zero-order valence-electron chi connectivity index (χ0n) is 7.66. The Bertz CT molecular complexity index is 95.9. The quantitative estimate of drug-likeness (QED) is 0.445. The zero-order chi connectivity index (χ0) is 8.36. The van der Waals surface area contributed by atoms with E-state index in [9.17, 15) is 0 Å². The summed E-state index contributed by atoms with van der Waals surface area (Å²) in [7, 11) is -0.662. The van der Waals surface area contributed by atoms with Gasteiger partial charge < -0.3 is 0 Å². The second-order valence-electron chi connectivity index (χ2n) is 3.91. The Labute approximate surface area is 71.3 Å². The highest BCUT2D eigenvalue weighted by atomic mass is 35.6. The molecule has 1 unspecified atom stereocenters. The number of hydrogen-bond acceptors (Lipinski definition) is 0. The number of hydrogen-bond donors (Lipinski definition) is 0. The molecule has 0 amide bonds. The summed E-state index contributed by atoms with van der Waals surface area (Å²) >= 11 is 6.31. The largest absolute Gasteiger partial charge is 0.174 e. The molecular formula is C8H18ClSi. The Balaban J connectivity index is 3.94. The van der Waals surface area contributed by atoms with Gasteiger partial charge in [0.2, 0.25) is 0 Å². The molecule has 0 aromatic heterocycles. The topological polar surface area (TPSA) is 0 Å². The van der Waals surface area contributed by atoms with Crippen molar-refractivity contribution in [2.45, 2.75) is 51.6 Å². The lowest BCUT2D eigenvalue weighted by atomic mass is 10.2. The minimum absolute atomic E-state index is 0.349. The lowest BCUT2D eigenvalue weighted by molar-refractivity contribution is 0.711. The Kier molecular flexibility index (Phi) is 3.96. The summed E-state index contributed by atoms with van der Waals surface area (Å²) in [5.41, 5.74) is 0.728. The van der Waals surface area contributed by atoms with Gasteiger partial charge >= 0.3 is 0 Å². The first-order valence-electron chi connectivity index (χ1n) is 3.92. The molecule has 0 nitrogen and oxygen atoms in total. The predicted molar refractivity (Wildman–Crippen MR) is 51.0 cm³/mol. The van der Waals surface area contributed by atoms with Crippen molar-refractivity contribution in [3.63, 3.8) is 0 Å². The molecule has 1 atom stereocenters. The summed E-state index contributed by atoms with van der Waals surface area (Å²) in [5, 5.41) is 0.349. The normalized spacial score (nSPS) is 15.9. The van der Waals surface area contributed by atoms with E-state index in [-0.39, 0.29) is 0 Å². The van der Waals surface area contributed by atoms with Gasteiger partial charge in [-0.2, -0.15) is 11.1 Å². The van der Waals surface area contributed by atoms with Gasteiger partial charge in [0.15, 0.2) is 8.11 Å². The van der Waals surface area contributed by atoms with Gasteiger partial charge in [0.1, 0.15) is 0 Å². The minimum atomic E-state index is -0.662. The van der Waals surface area contributed by atoms with E-state index in [1.807, 2.05) is 0 Å². The summed E-state index contributed by atoms with van der Waals surface area (Å²) in [4.78, 5) is 0. The number of halogens is 1. The molecule has 0 aliphatic carbocycles. The molecule has 0 aliphatic heterocycles. The summed E-state index contributed by atoms with van der Waals surface area (Å²) < 4.78 is 0. The van der Waals surface area contributed by atoms with Gasteiger partial charge in [-0.05, 0) is 10.6 Å². The van der Waals surface area contributed by atoms with Crippen LogP contribution in [0.25, 0.3) is 0 Å². The fourth-order valence-corrected chi connectivity index (χ4v) is 3.22. The van der Waals surface area contributed by atoms with E-state index in [1.165, 1.54) is 6.42 Å². The molecule has 0 heterocycles. The predicted octanol–water partition coefficient (Wildman–Crippen LogP) is 3.82. The lowest BCUT2D eigenvalue weighted by Crippen LogP contribution is -2.23. The summed E-state index contributed by atoms with van der Waals surface area (Å²) in [5.74, 6) is 0. The van der Waals surface area contributed by atoms with Crippen molar-refractivity contribution < 1.29 is 0 Å². The standard InChI is InChI=1S/C8H18ClSi/c1-6-7(2)10(9)8(3,4)5/h7H,6H2,1-5H3. The van der Waals surface area contributed by atoms with Gasteiger partial charge in [-0.3, -0.25) is 0 Å². The third-order valence-corrected chi connectivity index (χ3v) is 7.29. The molecule has 0 bridgehead atoms. The van der Waals surface area contributed by atoms with Crippen molar-refractivity contribution in [3.05, 3.63) is 0 Å². The zero-order valence-corrected chi connectivity index (χ0v) is 9.42. The smallest absolute Gasteiger partial charge is 0.168 e. The Morgan fingerprint density at radius 2 is 1.80 bits per heavy atom. The van der Waals surface area contributed by atoms with Crippen LogP contribution in [0.2, 0.25) is 10.6 Å². The fraction of sp³-hybridized carbons (Fsp3) is 1.00. The summed E-state index contributed by atoms with van der Waals surface area (Å²) in [6, 6.07) is 0.